The van der Waals surface area contributed by atoms with E-state index in [0.29, 0.717) is 21.2 Å². The van der Waals surface area contributed by atoms with Crippen molar-refractivity contribution < 1.29 is 8.42 Å². The van der Waals surface area contributed by atoms with Crippen molar-refractivity contribution in [2.24, 2.45) is 0 Å². The van der Waals surface area contributed by atoms with Gasteiger partial charge in [-0.25, -0.2) is 8.42 Å². The van der Waals surface area contributed by atoms with Crippen LogP contribution in [0, 0.1) is 0 Å². The maximum Gasteiger partial charge on any atom is 0.210 e. The van der Waals surface area contributed by atoms with E-state index in [4.69, 9.17) is 0 Å². The van der Waals surface area contributed by atoms with Gasteiger partial charge < -0.3 is 4.90 Å². The lowest BCUT2D eigenvalue weighted by Crippen LogP contribution is -2.21. The second kappa shape index (κ2) is 5.22. The molecule has 0 radical (unpaired) electrons. The first-order chi connectivity index (χ1) is 11.1. The fourth-order valence-electron chi connectivity index (χ4n) is 2.85. The highest BCUT2D eigenvalue weighted by molar-refractivity contribution is 9.10. The molecular formula is C18H12BrNO2S. The molecule has 0 bridgehead atoms. The maximum atomic E-state index is 12.9. The first-order valence-electron chi connectivity index (χ1n) is 7.08. The molecule has 3 aromatic rings. The van der Waals surface area contributed by atoms with Crippen LogP contribution in [0.4, 0.5) is 17.1 Å². The molecule has 23 heavy (non-hydrogen) atoms. The summed E-state index contributed by atoms with van der Waals surface area (Å²) < 4.78 is 26.8. The molecule has 3 nitrogen and oxygen atoms in total. The van der Waals surface area contributed by atoms with Crippen molar-refractivity contribution in [1.82, 2.24) is 0 Å². The quantitative estimate of drug-likeness (QED) is 0.459. The van der Waals surface area contributed by atoms with Gasteiger partial charge in [0.05, 0.1) is 21.2 Å². The predicted molar refractivity (Wildman–Crippen MR) is 94.3 cm³/mol. The molecule has 0 saturated carbocycles. The molecule has 3 aromatic carbocycles. The minimum atomic E-state index is -3.50. The Morgan fingerprint density at radius 1 is 0.696 bits per heavy atom. The molecule has 0 atom stereocenters. The fraction of sp³-hybridized carbons (Fsp3) is 0. The van der Waals surface area contributed by atoms with E-state index in [1.807, 2.05) is 53.4 Å². The summed E-state index contributed by atoms with van der Waals surface area (Å²) in [5.74, 6) is 0. The summed E-state index contributed by atoms with van der Waals surface area (Å²) >= 11 is 3.44. The third-order valence-corrected chi connectivity index (χ3v) is 6.25. The predicted octanol–water partition coefficient (Wildman–Crippen LogP) is 5.07. The van der Waals surface area contributed by atoms with Gasteiger partial charge in [-0.05, 0) is 48.5 Å². The highest BCUT2D eigenvalue weighted by Gasteiger charge is 2.34. The minimum absolute atomic E-state index is 0.335. The van der Waals surface area contributed by atoms with Gasteiger partial charge in [-0.2, -0.15) is 0 Å². The van der Waals surface area contributed by atoms with Crippen molar-refractivity contribution in [3.05, 3.63) is 77.3 Å². The Morgan fingerprint density at radius 3 is 1.70 bits per heavy atom. The van der Waals surface area contributed by atoms with Crippen molar-refractivity contribution in [1.29, 1.82) is 0 Å². The van der Waals surface area contributed by atoms with Gasteiger partial charge >= 0.3 is 0 Å². The maximum absolute atomic E-state index is 12.9. The lowest BCUT2D eigenvalue weighted by Gasteiger charge is -2.32. The van der Waals surface area contributed by atoms with Crippen LogP contribution >= 0.6 is 15.9 Å². The molecule has 114 valence electrons. The zero-order chi connectivity index (χ0) is 16.0. The van der Waals surface area contributed by atoms with E-state index in [9.17, 15) is 8.42 Å². The van der Waals surface area contributed by atoms with Crippen molar-refractivity contribution in [2.45, 2.75) is 9.79 Å². The summed E-state index contributed by atoms with van der Waals surface area (Å²) in [6, 6.07) is 22.0. The van der Waals surface area contributed by atoms with Crippen LogP contribution in [-0.4, -0.2) is 8.42 Å². The van der Waals surface area contributed by atoms with Crippen molar-refractivity contribution in [3.8, 4) is 0 Å². The SMILES string of the molecule is O=S1(=O)c2ccccc2N(c2ccc(Br)cc2)c2ccccc21. The number of hydrogen-bond donors (Lipinski definition) is 0. The summed E-state index contributed by atoms with van der Waals surface area (Å²) in [4.78, 5) is 2.65. The van der Waals surface area contributed by atoms with Crippen LogP contribution in [0.2, 0.25) is 0 Å². The zero-order valence-electron chi connectivity index (χ0n) is 12.0. The Balaban J connectivity index is 2.06. The summed E-state index contributed by atoms with van der Waals surface area (Å²) in [6.45, 7) is 0. The number of benzene rings is 3. The number of sulfone groups is 1. The molecule has 1 aliphatic heterocycles. The number of nitrogens with zero attached hydrogens (tertiary/aromatic N) is 1. The molecule has 1 heterocycles. The molecule has 0 aliphatic carbocycles. The summed E-state index contributed by atoms with van der Waals surface area (Å²) in [5.41, 5.74) is 2.27. The van der Waals surface area contributed by atoms with Gasteiger partial charge in [0.2, 0.25) is 9.84 Å². The summed E-state index contributed by atoms with van der Waals surface area (Å²) in [5, 5.41) is 0. The minimum Gasteiger partial charge on any atom is -0.308 e. The second-order valence-corrected chi connectivity index (χ2v) is 8.05. The summed E-state index contributed by atoms with van der Waals surface area (Å²) in [7, 11) is -3.50. The lowest BCUT2D eigenvalue weighted by molar-refractivity contribution is 0.595. The molecule has 0 spiro atoms. The normalized spacial score (nSPS) is 14.9. The molecule has 0 saturated heterocycles. The van der Waals surface area contributed by atoms with Crippen molar-refractivity contribution in [2.75, 3.05) is 4.90 Å². The Labute approximate surface area is 143 Å². The Hall–Kier alpha value is -2.11. The molecule has 0 unspecified atom stereocenters. The van der Waals surface area contributed by atoms with Crippen LogP contribution < -0.4 is 4.90 Å². The lowest BCUT2D eigenvalue weighted by atomic mass is 10.2. The van der Waals surface area contributed by atoms with Crippen LogP contribution in [0.1, 0.15) is 0 Å². The molecule has 0 amide bonds. The van der Waals surface area contributed by atoms with E-state index in [1.165, 1.54) is 0 Å². The standard InChI is InChI=1S/C18H12BrNO2S/c19-13-9-11-14(12-10-13)20-15-5-1-3-7-17(15)23(21,22)18-8-4-2-6-16(18)20/h1-12H. The van der Waals surface area contributed by atoms with Gasteiger partial charge in [-0.1, -0.05) is 40.2 Å². The van der Waals surface area contributed by atoms with E-state index in [0.717, 1.165) is 10.2 Å². The molecule has 4 rings (SSSR count). The fourth-order valence-corrected chi connectivity index (χ4v) is 4.74. The molecular weight excluding hydrogens is 374 g/mol. The van der Waals surface area contributed by atoms with Gasteiger partial charge in [0.25, 0.3) is 0 Å². The highest BCUT2D eigenvalue weighted by Crippen LogP contribution is 2.47. The largest absolute Gasteiger partial charge is 0.308 e. The smallest absolute Gasteiger partial charge is 0.210 e. The van der Waals surface area contributed by atoms with Gasteiger partial charge in [0, 0.05) is 10.2 Å². The topological polar surface area (TPSA) is 37.4 Å². The highest BCUT2D eigenvalue weighted by atomic mass is 79.9. The monoisotopic (exact) mass is 385 g/mol. The van der Waals surface area contributed by atoms with Gasteiger partial charge in [0.1, 0.15) is 0 Å². The molecule has 0 aromatic heterocycles. The second-order valence-electron chi connectivity index (χ2n) is 5.25. The number of anilines is 3. The molecule has 0 N–H and O–H groups in total. The number of rotatable bonds is 1. The Bertz CT molecular complexity index is 944. The van der Waals surface area contributed by atoms with Gasteiger partial charge in [-0.3, -0.25) is 0 Å². The number of hydrogen-bond acceptors (Lipinski definition) is 3. The molecule has 1 aliphatic rings. The molecule has 0 fully saturated rings. The van der Waals surface area contributed by atoms with E-state index in [2.05, 4.69) is 15.9 Å². The first kappa shape index (κ1) is 14.5. The van der Waals surface area contributed by atoms with Crippen LogP contribution in [0.5, 0.6) is 0 Å². The Kier molecular flexibility index (Phi) is 3.28. The summed E-state index contributed by atoms with van der Waals surface area (Å²) in [6.07, 6.45) is 0. The van der Waals surface area contributed by atoms with E-state index in [-0.39, 0.29) is 0 Å². The third kappa shape index (κ3) is 2.19. The first-order valence-corrected chi connectivity index (χ1v) is 9.35. The Morgan fingerprint density at radius 2 is 1.17 bits per heavy atom. The van der Waals surface area contributed by atoms with Crippen LogP contribution in [0.3, 0.4) is 0 Å². The van der Waals surface area contributed by atoms with E-state index in [1.54, 1.807) is 24.3 Å². The van der Waals surface area contributed by atoms with E-state index >= 15 is 0 Å². The van der Waals surface area contributed by atoms with Gasteiger partial charge in [0.15, 0.2) is 0 Å². The third-order valence-electron chi connectivity index (χ3n) is 3.88. The van der Waals surface area contributed by atoms with Gasteiger partial charge in [-0.15, -0.1) is 0 Å². The van der Waals surface area contributed by atoms with Crippen LogP contribution in [0.25, 0.3) is 0 Å². The van der Waals surface area contributed by atoms with Crippen LogP contribution in [0.15, 0.2) is 87.1 Å². The zero-order valence-corrected chi connectivity index (χ0v) is 14.4. The number of para-hydroxylation sites is 2. The number of fused-ring (bicyclic) bond motifs is 2. The van der Waals surface area contributed by atoms with Crippen molar-refractivity contribution >= 4 is 42.8 Å². The number of halogens is 1. The molecule has 5 heteroatoms. The average Bonchev–Trinajstić information content (AvgIpc) is 2.57. The van der Waals surface area contributed by atoms with Crippen LogP contribution in [-0.2, 0) is 9.84 Å². The van der Waals surface area contributed by atoms with Crippen molar-refractivity contribution in [3.63, 3.8) is 0 Å². The van der Waals surface area contributed by atoms with E-state index < -0.39 is 9.84 Å². The average molecular weight is 386 g/mol.